The summed E-state index contributed by atoms with van der Waals surface area (Å²) in [6, 6.07) is 7.57. The molecule has 0 atom stereocenters. The highest BCUT2D eigenvalue weighted by atomic mass is 16.6. The van der Waals surface area contributed by atoms with Crippen molar-refractivity contribution in [1.29, 1.82) is 0 Å². The molecular formula is C19H17N7O4. The van der Waals surface area contributed by atoms with E-state index in [1.807, 2.05) is 0 Å². The Labute approximate surface area is 168 Å². The van der Waals surface area contributed by atoms with Gasteiger partial charge in [-0.1, -0.05) is 17.3 Å². The number of H-pyrrole nitrogens is 1. The highest BCUT2D eigenvalue weighted by Gasteiger charge is 2.23. The van der Waals surface area contributed by atoms with Crippen molar-refractivity contribution >= 4 is 11.3 Å². The van der Waals surface area contributed by atoms with Gasteiger partial charge in [-0.3, -0.25) is 14.9 Å². The highest BCUT2D eigenvalue weighted by Crippen LogP contribution is 2.29. The van der Waals surface area contributed by atoms with Gasteiger partial charge in [-0.25, -0.2) is 4.52 Å². The summed E-state index contributed by atoms with van der Waals surface area (Å²) in [6.45, 7) is 1.78. The van der Waals surface area contributed by atoms with Gasteiger partial charge in [0, 0.05) is 29.7 Å². The van der Waals surface area contributed by atoms with Crippen molar-refractivity contribution in [1.82, 2.24) is 30.1 Å². The van der Waals surface area contributed by atoms with Gasteiger partial charge in [0.25, 0.3) is 17.1 Å². The normalized spacial score (nSPS) is 14.9. The van der Waals surface area contributed by atoms with Gasteiger partial charge in [-0.05, 0) is 25.9 Å². The van der Waals surface area contributed by atoms with Crippen molar-refractivity contribution in [3.63, 3.8) is 0 Å². The summed E-state index contributed by atoms with van der Waals surface area (Å²) in [5.74, 6) is 0.612. The molecule has 0 bridgehead atoms. The number of rotatable bonds is 4. The standard InChI is InChI=1S/C19H17N7O4/c27-16-9-15(11-4-6-20-7-5-11)25-18(22-16)14(10-21-25)19-23-17(24-30-19)12-2-1-3-13(8-12)26(28)29/h1-3,8-11,20H,4-7H2,(H,22,27). The first kappa shape index (κ1) is 18.2. The second-order valence-electron chi connectivity index (χ2n) is 7.13. The van der Waals surface area contributed by atoms with Crippen LogP contribution in [0.2, 0.25) is 0 Å². The van der Waals surface area contributed by atoms with Crippen LogP contribution in [0.1, 0.15) is 24.5 Å². The first-order chi connectivity index (χ1) is 14.6. The fourth-order valence-corrected chi connectivity index (χ4v) is 3.79. The SMILES string of the molecule is O=c1cc(C2CCNCC2)n2ncc(-c3nc(-c4cccc([N+](=O)[O-])c4)no3)c2[nH]1. The zero-order valence-corrected chi connectivity index (χ0v) is 15.7. The van der Waals surface area contributed by atoms with Gasteiger partial charge in [-0.15, -0.1) is 0 Å². The van der Waals surface area contributed by atoms with Gasteiger partial charge >= 0.3 is 0 Å². The average Bonchev–Trinajstić information content (AvgIpc) is 3.41. The maximum Gasteiger partial charge on any atom is 0.270 e. The average molecular weight is 407 g/mol. The van der Waals surface area contributed by atoms with E-state index in [1.54, 1.807) is 28.9 Å². The number of non-ortho nitro benzene ring substituents is 1. The van der Waals surface area contributed by atoms with Gasteiger partial charge in [0.05, 0.1) is 16.8 Å². The van der Waals surface area contributed by atoms with E-state index < -0.39 is 4.92 Å². The molecule has 3 aromatic heterocycles. The Morgan fingerprint density at radius 1 is 1.23 bits per heavy atom. The number of hydrogen-bond donors (Lipinski definition) is 2. The van der Waals surface area contributed by atoms with E-state index in [1.165, 1.54) is 12.1 Å². The summed E-state index contributed by atoms with van der Waals surface area (Å²) >= 11 is 0. The number of hydrogen-bond acceptors (Lipinski definition) is 8. The molecule has 2 N–H and O–H groups in total. The van der Waals surface area contributed by atoms with Gasteiger partial charge in [0.1, 0.15) is 11.2 Å². The van der Waals surface area contributed by atoms with E-state index in [4.69, 9.17) is 4.52 Å². The fraction of sp³-hybridized carbons (Fsp3) is 0.263. The Morgan fingerprint density at radius 3 is 2.87 bits per heavy atom. The molecule has 0 saturated carbocycles. The van der Waals surface area contributed by atoms with E-state index >= 15 is 0 Å². The molecule has 1 aliphatic rings. The van der Waals surface area contributed by atoms with Crippen LogP contribution in [0.4, 0.5) is 5.69 Å². The molecule has 5 rings (SSSR count). The van der Waals surface area contributed by atoms with Gasteiger partial charge in [-0.2, -0.15) is 10.1 Å². The second kappa shape index (κ2) is 7.19. The van der Waals surface area contributed by atoms with Crippen LogP contribution in [0.3, 0.4) is 0 Å². The lowest BCUT2D eigenvalue weighted by atomic mass is 9.94. The smallest absolute Gasteiger partial charge is 0.270 e. The number of nitro benzene ring substituents is 1. The molecule has 1 fully saturated rings. The lowest BCUT2D eigenvalue weighted by Gasteiger charge is -2.23. The van der Waals surface area contributed by atoms with Crippen molar-refractivity contribution in [2.24, 2.45) is 0 Å². The number of aromatic amines is 1. The fourth-order valence-electron chi connectivity index (χ4n) is 3.79. The molecular weight excluding hydrogens is 390 g/mol. The van der Waals surface area contributed by atoms with Crippen LogP contribution >= 0.6 is 0 Å². The maximum atomic E-state index is 12.3. The summed E-state index contributed by atoms with van der Waals surface area (Å²) in [7, 11) is 0. The number of fused-ring (bicyclic) bond motifs is 1. The van der Waals surface area contributed by atoms with Crippen molar-refractivity contribution in [3.8, 4) is 22.8 Å². The predicted octanol–water partition coefficient (Wildman–Crippen LogP) is 2.11. The van der Waals surface area contributed by atoms with Crippen LogP contribution in [-0.2, 0) is 0 Å². The summed E-state index contributed by atoms with van der Waals surface area (Å²) in [6.07, 6.45) is 3.41. The summed E-state index contributed by atoms with van der Waals surface area (Å²) in [5.41, 5.74) is 1.99. The van der Waals surface area contributed by atoms with Crippen molar-refractivity contribution in [3.05, 3.63) is 62.7 Å². The van der Waals surface area contributed by atoms with Gasteiger partial charge in [0.15, 0.2) is 0 Å². The zero-order chi connectivity index (χ0) is 20.7. The molecule has 11 heteroatoms. The number of benzene rings is 1. The number of nitrogens with zero attached hydrogens (tertiary/aromatic N) is 5. The molecule has 4 aromatic rings. The molecule has 4 heterocycles. The number of nitro groups is 1. The molecule has 11 nitrogen and oxygen atoms in total. The monoisotopic (exact) mass is 407 g/mol. The van der Waals surface area contributed by atoms with Crippen molar-refractivity contribution in [2.75, 3.05) is 13.1 Å². The summed E-state index contributed by atoms with van der Waals surface area (Å²) in [5, 5.41) is 22.7. The third kappa shape index (κ3) is 3.14. The molecule has 1 aromatic carbocycles. The molecule has 1 saturated heterocycles. The largest absolute Gasteiger partial charge is 0.333 e. The topological polar surface area (TPSA) is 144 Å². The van der Waals surface area contributed by atoms with Crippen LogP contribution in [-0.4, -0.2) is 42.8 Å². The Hall–Kier alpha value is -3.86. The van der Waals surface area contributed by atoms with Gasteiger partial charge < -0.3 is 14.8 Å². The summed E-state index contributed by atoms with van der Waals surface area (Å²) < 4.78 is 7.09. The minimum atomic E-state index is -0.483. The molecule has 0 unspecified atom stereocenters. The number of aromatic nitrogens is 5. The molecule has 30 heavy (non-hydrogen) atoms. The molecule has 0 radical (unpaired) electrons. The Kier molecular flexibility index (Phi) is 4.36. The van der Waals surface area contributed by atoms with Crippen LogP contribution in [0.25, 0.3) is 28.5 Å². The van der Waals surface area contributed by atoms with E-state index in [0.717, 1.165) is 31.6 Å². The minimum Gasteiger partial charge on any atom is -0.333 e. The first-order valence-corrected chi connectivity index (χ1v) is 9.51. The van der Waals surface area contributed by atoms with Crippen molar-refractivity contribution in [2.45, 2.75) is 18.8 Å². The van der Waals surface area contributed by atoms with Gasteiger partial charge in [0.2, 0.25) is 5.82 Å². The Bertz CT molecular complexity index is 1300. The molecule has 0 amide bonds. The number of nitrogens with one attached hydrogen (secondary N) is 2. The quantitative estimate of drug-likeness (QED) is 0.387. The van der Waals surface area contributed by atoms with E-state index in [9.17, 15) is 14.9 Å². The maximum absolute atomic E-state index is 12.3. The molecule has 0 spiro atoms. The summed E-state index contributed by atoms with van der Waals surface area (Å²) in [4.78, 5) is 30.0. The predicted molar refractivity (Wildman–Crippen MR) is 106 cm³/mol. The van der Waals surface area contributed by atoms with Crippen LogP contribution < -0.4 is 10.9 Å². The molecule has 0 aliphatic carbocycles. The zero-order valence-electron chi connectivity index (χ0n) is 15.7. The van der Waals surface area contributed by atoms with Crippen LogP contribution in [0, 0.1) is 10.1 Å². The van der Waals surface area contributed by atoms with Crippen molar-refractivity contribution < 1.29 is 9.45 Å². The lowest BCUT2D eigenvalue weighted by molar-refractivity contribution is -0.384. The molecule has 1 aliphatic heterocycles. The molecule has 152 valence electrons. The van der Waals surface area contributed by atoms with E-state index in [2.05, 4.69) is 25.5 Å². The third-order valence-corrected chi connectivity index (χ3v) is 5.26. The van der Waals surface area contributed by atoms with E-state index in [0.29, 0.717) is 16.8 Å². The number of piperidine rings is 1. The lowest BCUT2D eigenvalue weighted by Crippen LogP contribution is -2.28. The Morgan fingerprint density at radius 2 is 2.07 bits per heavy atom. The highest BCUT2D eigenvalue weighted by molar-refractivity contribution is 5.72. The Balaban J connectivity index is 1.56. The van der Waals surface area contributed by atoms with E-state index in [-0.39, 0.29) is 28.9 Å². The second-order valence-corrected chi connectivity index (χ2v) is 7.13. The van der Waals surface area contributed by atoms with Crippen LogP contribution in [0.5, 0.6) is 0 Å². The third-order valence-electron chi connectivity index (χ3n) is 5.26. The van der Waals surface area contributed by atoms with Crippen LogP contribution in [0.15, 0.2) is 45.8 Å². The minimum absolute atomic E-state index is 0.0641. The first-order valence-electron chi connectivity index (χ1n) is 9.51.